The van der Waals surface area contributed by atoms with Crippen molar-refractivity contribution in [1.29, 1.82) is 0 Å². The molecule has 0 aliphatic heterocycles. The van der Waals surface area contributed by atoms with Crippen molar-refractivity contribution >= 4 is 23.6 Å². The van der Waals surface area contributed by atoms with Crippen LogP contribution >= 0.6 is 0 Å². The summed E-state index contributed by atoms with van der Waals surface area (Å²) in [4.78, 5) is 25.3. The van der Waals surface area contributed by atoms with Gasteiger partial charge in [-0.3, -0.25) is 9.59 Å². The first-order valence-electron chi connectivity index (χ1n) is 7.77. The number of ether oxygens (including phenoxy) is 1. The first-order valence-corrected chi connectivity index (χ1v) is 7.77. The van der Waals surface area contributed by atoms with Crippen molar-refractivity contribution in [1.82, 2.24) is 4.90 Å². The second-order valence-corrected chi connectivity index (χ2v) is 5.36. The van der Waals surface area contributed by atoms with Crippen LogP contribution in [0.5, 0.6) is 5.75 Å². The number of alkyl halides is 2. The molecule has 2 aromatic rings. The molecule has 136 valence electrons. The van der Waals surface area contributed by atoms with Crippen LogP contribution in [0.15, 0.2) is 60.7 Å². The molecule has 0 saturated heterocycles. The molecule has 2 aromatic carbocycles. The molecule has 1 N–H and O–H groups in total. The number of para-hydroxylation sites is 2. The number of nitrogens with zero attached hydrogens (tertiary/aromatic N) is 1. The van der Waals surface area contributed by atoms with E-state index in [4.69, 9.17) is 0 Å². The summed E-state index contributed by atoms with van der Waals surface area (Å²) < 4.78 is 29.2. The summed E-state index contributed by atoms with van der Waals surface area (Å²) in [6.07, 6.45) is 2.56. The summed E-state index contributed by atoms with van der Waals surface area (Å²) in [7, 11) is 1.47. The van der Waals surface area contributed by atoms with Crippen LogP contribution in [0.1, 0.15) is 5.56 Å². The minimum absolute atomic E-state index is 0.0315. The van der Waals surface area contributed by atoms with Crippen LogP contribution in [0.3, 0.4) is 0 Å². The molecule has 0 fully saturated rings. The maximum absolute atomic E-state index is 12.4. The molecule has 0 unspecified atom stereocenters. The van der Waals surface area contributed by atoms with Crippen molar-refractivity contribution in [2.75, 3.05) is 18.9 Å². The number of likely N-dealkylation sites (N-methyl/N-ethyl adjacent to an activating group) is 1. The number of benzene rings is 2. The Balaban J connectivity index is 1.94. The Labute approximate surface area is 149 Å². The molecular formula is C19H18F2N2O3. The predicted molar refractivity (Wildman–Crippen MR) is 94.8 cm³/mol. The van der Waals surface area contributed by atoms with Gasteiger partial charge in [0.2, 0.25) is 11.8 Å². The Hall–Kier alpha value is -3.22. The van der Waals surface area contributed by atoms with Gasteiger partial charge in [0.25, 0.3) is 0 Å². The topological polar surface area (TPSA) is 58.6 Å². The molecule has 0 aliphatic rings. The van der Waals surface area contributed by atoms with Gasteiger partial charge in [0, 0.05) is 24.4 Å². The van der Waals surface area contributed by atoms with Crippen LogP contribution in [0.4, 0.5) is 14.5 Å². The number of rotatable bonds is 7. The number of halogens is 2. The lowest BCUT2D eigenvalue weighted by Crippen LogP contribution is -2.33. The third-order valence-electron chi connectivity index (χ3n) is 3.36. The van der Waals surface area contributed by atoms with Crippen LogP contribution < -0.4 is 10.1 Å². The standard InChI is InChI=1S/C19H18F2N2O3/c1-23(13-17(24)22-15-8-3-2-4-9-15)18(25)12-11-14-7-5-6-10-16(14)26-19(20)21/h2-12,19H,13H2,1H3,(H,22,24)/b12-11+. The number of carbonyl (C=O) groups is 2. The summed E-state index contributed by atoms with van der Waals surface area (Å²) in [6, 6.07) is 15.0. The SMILES string of the molecule is CN(CC(=O)Nc1ccccc1)C(=O)/C=C/c1ccccc1OC(F)F. The van der Waals surface area contributed by atoms with Crippen LogP contribution in [0.25, 0.3) is 6.08 Å². The highest BCUT2D eigenvalue weighted by atomic mass is 19.3. The van der Waals surface area contributed by atoms with Crippen LogP contribution in [-0.2, 0) is 9.59 Å². The van der Waals surface area contributed by atoms with Crippen molar-refractivity contribution in [2.45, 2.75) is 6.61 Å². The largest absolute Gasteiger partial charge is 0.434 e. The van der Waals surface area contributed by atoms with E-state index >= 15 is 0 Å². The van der Waals surface area contributed by atoms with E-state index in [0.29, 0.717) is 11.3 Å². The molecule has 0 aliphatic carbocycles. The van der Waals surface area contributed by atoms with Crippen molar-refractivity contribution in [3.63, 3.8) is 0 Å². The number of anilines is 1. The molecule has 0 bridgehead atoms. The van der Waals surface area contributed by atoms with Crippen LogP contribution in [-0.4, -0.2) is 36.9 Å². The zero-order chi connectivity index (χ0) is 18.9. The highest BCUT2D eigenvalue weighted by Gasteiger charge is 2.12. The number of nitrogens with one attached hydrogen (secondary N) is 1. The lowest BCUT2D eigenvalue weighted by Gasteiger charge is -2.15. The molecule has 0 saturated carbocycles. The average molecular weight is 360 g/mol. The van der Waals surface area contributed by atoms with Gasteiger partial charge in [0.15, 0.2) is 0 Å². The molecule has 0 radical (unpaired) electrons. The number of carbonyl (C=O) groups excluding carboxylic acids is 2. The smallest absolute Gasteiger partial charge is 0.387 e. The minimum Gasteiger partial charge on any atom is -0.434 e. The Morgan fingerprint density at radius 3 is 2.46 bits per heavy atom. The summed E-state index contributed by atoms with van der Waals surface area (Å²) in [5.74, 6) is -0.821. The highest BCUT2D eigenvalue weighted by Crippen LogP contribution is 2.21. The van der Waals surface area contributed by atoms with E-state index in [1.165, 1.54) is 30.2 Å². The number of amides is 2. The number of hydrogen-bond acceptors (Lipinski definition) is 3. The van der Waals surface area contributed by atoms with Crippen LogP contribution in [0, 0.1) is 0 Å². The molecule has 0 aromatic heterocycles. The average Bonchev–Trinajstić information content (AvgIpc) is 2.61. The molecule has 0 atom stereocenters. The van der Waals surface area contributed by atoms with Gasteiger partial charge in [-0.15, -0.1) is 0 Å². The van der Waals surface area contributed by atoms with E-state index in [0.717, 1.165) is 0 Å². The zero-order valence-corrected chi connectivity index (χ0v) is 14.1. The minimum atomic E-state index is -2.95. The molecule has 0 heterocycles. The lowest BCUT2D eigenvalue weighted by molar-refractivity contribution is -0.129. The van der Waals surface area contributed by atoms with E-state index in [-0.39, 0.29) is 18.2 Å². The second kappa shape index (κ2) is 9.31. The molecule has 5 nitrogen and oxygen atoms in total. The first kappa shape index (κ1) is 19.1. The van der Waals surface area contributed by atoms with Gasteiger partial charge < -0.3 is 15.0 Å². The summed E-state index contributed by atoms with van der Waals surface area (Å²) in [5.41, 5.74) is 0.968. The van der Waals surface area contributed by atoms with Crippen molar-refractivity contribution in [2.24, 2.45) is 0 Å². The third-order valence-corrected chi connectivity index (χ3v) is 3.36. The van der Waals surface area contributed by atoms with Gasteiger partial charge in [-0.1, -0.05) is 36.4 Å². The monoisotopic (exact) mass is 360 g/mol. The van der Waals surface area contributed by atoms with E-state index < -0.39 is 12.5 Å². The van der Waals surface area contributed by atoms with Crippen molar-refractivity contribution in [3.05, 3.63) is 66.2 Å². The van der Waals surface area contributed by atoms with Gasteiger partial charge in [0.05, 0.1) is 6.54 Å². The van der Waals surface area contributed by atoms with Crippen molar-refractivity contribution in [3.8, 4) is 5.75 Å². The van der Waals surface area contributed by atoms with Gasteiger partial charge >= 0.3 is 6.61 Å². The predicted octanol–water partition coefficient (Wildman–Crippen LogP) is 3.40. The normalized spacial score (nSPS) is 10.8. The molecular weight excluding hydrogens is 342 g/mol. The van der Waals surface area contributed by atoms with Gasteiger partial charge in [-0.2, -0.15) is 8.78 Å². The molecule has 26 heavy (non-hydrogen) atoms. The Bertz CT molecular complexity index is 779. The van der Waals surface area contributed by atoms with E-state index in [2.05, 4.69) is 10.1 Å². The van der Waals surface area contributed by atoms with Crippen molar-refractivity contribution < 1.29 is 23.1 Å². The van der Waals surface area contributed by atoms with E-state index in [9.17, 15) is 18.4 Å². The van der Waals surface area contributed by atoms with E-state index in [1.54, 1.807) is 42.5 Å². The van der Waals surface area contributed by atoms with E-state index in [1.807, 2.05) is 6.07 Å². The molecule has 2 rings (SSSR count). The second-order valence-electron chi connectivity index (χ2n) is 5.36. The molecule has 2 amide bonds. The highest BCUT2D eigenvalue weighted by molar-refractivity contribution is 5.98. The van der Waals surface area contributed by atoms with Gasteiger partial charge in [-0.25, -0.2) is 0 Å². The maximum Gasteiger partial charge on any atom is 0.387 e. The summed E-state index contributed by atoms with van der Waals surface area (Å²) in [6.45, 7) is -3.10. The molecule has 0 spiro atoms. The Morgan fingerprint density at radius 2 is 1.77 bits per heavy atom. The lowest BCUT2D eigenvalue weighted by atomic mass is 10.2. The quantitative estimate of drug-likeness (QED) is 0.770. The first-order chi connectivity index (χ1) is 12.5. The Morgan fingerprint density at radius 1 is 1.12 bits per heavy atom. The Kier molecular flexibility index (Phi) is 6.84. The summed E-state index contributed by atoms with van der Waals surface area (Å²) in [5, 5.41) is 2.67. The summed E-state index contributed by atoms with van der Waals surface area (Å²) >= 11 is 0. The fourth-order valence-corrected chi connectivity index (χ4v) is 2.13. The zero-order valence-electron chi connectivity index (χ0n) is 14.1. The van der Waals surface area contributed by atoms with Gasteiger partial charge in [0.1, 0.15) is 5.75 Å². The number of hydrogen-bond donors (Lipinski definition) is 1. The van der Waals surface area contributed by atoms with Crippen LogP contribution in [0.2, 0.25) is 0 Å². The molecule has 7 heteroatoms. The van der Waals surface area contributed by atoms with Gasteiger partial charge in [-0.05, 0) is 24.3 Å². The maximum atomic E-state index is 12.4. The third kappa shape index (κ3) is 6.01. The fourth-order valence-electron chi connectivity index (χ4n) is 2.13. The fraction of sp³-hybridized carbons (Fsp3) is 0.158.